The van der Waals surface area contributed by atoms with Gasteiger partial charge < -0.3 is 64.5 Å². The van der Waals surface area contributed by atoms with Crippen molar-refractivity contribution in [2.45, 2.75) is 168 Å². The van der Waals surface area contributed by atoms with Crippen molar-refractivity contribution in [2.75, 3.05) is 138 Å². The zero-order chi connectivity index (χ0) is 103. The van der Waals surface area contributed by atoms with E-state index < -0.39 is 60.3 Å². The lowest BCUT2D eigenvalue weighted by molar-refractivity contribution is -0.150. The lowest BCUT2D eigenvalue weighted by Gasteiger charge is -2.47. The number of oxazole rings is 1. The first-order valence-electron chi connectivity index (χ1n) is 47.4. The number of carbonyl (C=O) groups excluding carboxylic acids is 1. The van der Waals surface area contributed by atoms with Gasteiger partial charge in [0.15, 0.2) is 55.5 Å². The maximum atomic E-state index is 15.4. The lowest BCUT2D eigenvalue weighted by Crippen LogP contribution is -2.61. The van der Waals surface area contributed by atoms with Gasteiger partial charge in [0.1, 0.15) is 70.7 Å². The third-order valence-electron chi connectivity index (χ3n) is 25.8. The van der Waals surface area contributed by atoms with E-state index in [2.05, 4.69) is 122 Å². The molecular weight excluding hydrogens is 2010 g/mol. The monoisotopic (exact) mass is 2120 g/mol. The molecule has 147 heavy (non-hydrogen) atoms. The number of amides is 1. The van der Waals surface area contributed by atoms with E-state index in [-0.39, 0.29) is 61.8 Å². The number of hydrogen-bond donors (Lipinski definition) is 9. The fourth-order valence-electron chi connectivity index (χ4n) is 17.9. The second kappa shape index (κ2) is 41.7. The summed E-state index contributed by atoms with van der Waals surface area (Å²) in [6.45, 7) is 19.5. The molecule has 0 unspecified atom stereocenters. The molecule has 0 radical (unpaired) electrons. The Balaban J connectivity index is 0.000000158. The molecule has 2 aliphatic carbocycles. The summed E-state index contributed by atoms with van der Waals surface area (Å²) in [6, 6.07) is 38.4. The van der Waals surface area contributed by atoms with Crippen molar-refractivity contribution in [1.82, 2.24) is 115 Å². The summed E-state index contributed by atoms with van der Waals surface area (Å²) in [6.07, 6.45) is -8.25. The van der Waals surface area contributed by atoms with E-state index in [0.717, 1.165) is 168 Å². The molecule has 9 N–H and O–H groups in total. The van der Waals surface area contributed by atoms with Crippen LogP contribution in [0.2, 0.25) is 0 Å². The van der Waals surface area contributed by atoms with Gasteiger partial charge in [-0.2, -0.15) is 64.3 Å². The smallest absolute Gasteiger partial charge is 0.441 e. The summed E-state index contributed by atoms with van der Waals surface area (Å²) >= 11 is 5.18. The van der Waals surface area contributed by atoms with Crippen LogP contribution in [0, 0.1) is 52.3 Å². The molecule has 0 atom stereocenters. The summed E-state index contributed by atoms with van der Waals surface area (Å²) < 4.78 is 175. The molecule has 15 aromatic rings. The molecule has 782 valence electrons. The third-order valence-corrected chi connectivity index (χ3v) is 29.3. The Morgan fingerprint density at radius 1 is 0.469 bits per heavy atom. The number of halogens is 12. The van der Waals surface area contributed by atoms with Crippen molar-refractivity contribution in [3.63, 3.8) is 0 Å². The summed E-state index contributed by atoms with van der Waals surface area (Å²) in [4.78, 5) is 76.8. The first-order chi connectivity index (χ1) is 70.3. The van der Waals surface area contributed by atoms with Gasteiger partial charge in [0.2, 0.25) is 23.4 Å². The number of H-pyrrole nitrogens is 4. The molecule has 1 amide bonds. The van der Waals surface area contributed by atoms with Gasteiger partial charge in [-0.25, -0.2) is 63.6 Å². The number of nitrogens with zero attached hydrogens (tertiary/aromatic N) is 23. The standard InChI is InChI=1S/C25H28F3N9OS.C24H26F3N9S.C24H24FN7OS.C23H22F5N7OS.6H2/c1-15-9-21(34-33-15)30-20-11-22(37-13-16(14-37)36-5-7-38-8-6-36)32-24(31-20)39-17-3-4-18-19(10-17)35(2)23(29-18)12-25(26,27)28;1-14-9-20(33-32-14)29-19-11-21(36-12-15(13-36)35-7-3-4-8-35)31-23(30-19)37-16-5-6-17-18(10-16)34(2)22(28-17)24(25,26)27;1-14-9-20(31-30-14)27-19-10-21(32-12-24(25,13-32)17-5-6-17)29-23(28-19)34-18-7-3-16(4-8-18)22-26-11-15(2)33-22;1-12-8-16(34-33-12)30-19-18(24)20(35-10-22(25,11-35)13-2-3-13)32-21(31-19)37-15-6-4-14(5-7-15)29-17(36)9-23(26,27)28;;;;;;/h3-4,9-11,16H,5-8,12-14H2,1-2H3,(H2,30,31,32,33,34);5-6,9-11,15H,3-4,7-8,12-13H2,1-2H3,(H2,29,30,31,32,33);3-4,7-11,17H,5-6,12-13H2,1-2H3,(H2,27,28,29,30,31);4-8,13H,2-3,9-11H2,1H3,(H,29,36)(H2,30,31,32,33,34);6*1H. The van der Waals surface area contributed by atoms with Gasteiger partial charge >= 0.3 is 18.5 Å². The summed E-state index contributed by atoms with van der Waals surface area (Å²) in [5.41, 5.74) is 4.04. The average molecular weight is 2120 g/mol. The molecule has 0 spiro atoms. The molecule has 11 aromatic heterocycles. The van der Waals surface area contributed by atoms with Crippen molar-refractivity contribution in [1.29, 1.82) is 0 Å². The highest BCUT2D eigenvalue weighted by Gasteiger charge is 2.56. The Hall–Kier alpha value is -13.5. The van der Waals surface area contributed by atoms with Gasteiger partial charge in [0.25, 0.3) is 0 Å². The first-order valence-corrected chi connectivity index (χ1v) is 50.7. The van der Waals surface area contributed by atoms with Crippen LogP contribution in [-0.4, -0.2) is 248 Å². The minimum Gasteiger partial charge on any atom is -0.441 e. The van der Waals surface area contributed by atoms with E-state index in [4.69, 9.17) is 29.1 Å². The van der Waals surface area contributed by atoms with Gasteiger partial charge in [-0.1, -0.05) is 0 Å². The van der Waals surface area contributed by atoms with E-state index in [9.17, 15) is 53.1 Å². The zero-order valence-corrected chi connectivity index (χ0v) is 83.5. The number of carbonyl (C=O) groups is 1. The lowest BCUT2D eigenvalue weighted by atomic mass is 9.91. The van der Waals surface area contributed by atoms with Crippen molar-refractivity contribution in [3.8, 4) is 11.5 Å². The van der Waals surface area contributed by atoms with E-state index in [1.54, 1.807) is 67.5 Å². The number of ether oxygens (including phenoxy) is 1. The van der Waals surface area contributed by atoms with Crippen molar-refractivity contribution in [3.05, 3.63) is 180 Å². The summed E-state index contributed by atoms with van der Waals surface area (Å²) in [5, 5.41) is 44.8. The Bertz CT molecular complexity index is 7270. The van der Waals surface area contributed by atoms with Crippen LogP contribution in [0.4, 0.5) is 128 Å². The topological polar surface area (TPSA) is 385 Å². The maximum absolute atomic E-state index is 15.4. The number of imidazole rings is 2. The molecule has 4 aromatic carbocycles. The number of fused-ring (bicyclic) bond motifs is 2. The fraction of sp³-hybridized carbons (Fsp3) is 0.396. The Labute approximate surface area is 858 Å². The van der Waals surface area contributed by atoms with Crippen LogP contribution in [0.1, 0.15) is 93.7 Å². The van der Waals surface area contributed by atoms with Crippen LogP contribution in [0.3, 0.4) is 0 Å². The molecule has 8 aliphatic rings. The quantitative estimate of drug-likeness (QED) is 0.0162. The van der Waals surface area contributed by atoms with E-state index in [1.165, 1.54) is 71.9 Å². The molecule has 23 rings (SSSR count). The van der Waals surface area contributed by atoms with Crippen molar-refractivity contribution in [2.24, 2.45) is 25.9 Å². The number of aryl methyl sites for hydroxylation is 7. The molecule has 35 nitrogen and oxygen atoms in total. The number of alkyl halides is 11. The van der Waals surface area contributed by atoms with Crippen LogP contribution >= 0.6 is 47.0 Å². The third kappa shape index (κ3) is 24.7. The minimum absolute atomic E-state index is 0. The zero-order valence-electron chi connectivity index (χ0n) is 80.2. The van der Waals surface area contributed by atoms with Crippen LogP contribution in [0.25, 0.3) is 33.5 Å². The van der Waals surface area contributed by atoms with Gasteiger partial charge in [-0.3, -0.25) is 35.0 Å². The predicted molar refractivity (Wildman–Crippen MR) is 545 cm³/mol. The molecule has 0 bridgehead atoms. The number of rotatable bonds is 28. The minimum atomic E-state index is -4.60. The van der Waals surface area contributed by atoms with Gasteiger partial charge in [-0.15, -0.1) is 0 Å². The van der Waals surface area contributed by atoms with Crippen molar-refractivity contribution < 1.29 is 75.2 Å². The van der Waals surface area contributed by atoms with Crippen LogP contribution in [0.5, 0.6) is 0 Å². The molecule has 51 heteroatoms. The number of benzene rings is 4. The van der Waals surface area contributed by atoms with Crippen LogP contribution in [0.15, 0.2) is 178 Å². The highest BCUT2D eigenvalue weighted by atomic mass is 32.2. The largest absolute Gasteiger partial charge is 0.449 e. The SMILES string of the molecule is Cc1cc(Nc2cc(N3CC(F)(C4CC4)C3)nc(Sc3ccc(-c4ncc(C)o4)cc3)n2)n[nH]1.Cc1cc(Nc2cc(N3CC(N4CCCC4)C3)nc(Sc3ccc4nc(C(F)(F)F)n(C)c4c3)n2)n[nH]1.Cc1cc(Nc2cc(N3CC(N4CCOCC4)C3)nc(Sc3ccc4nc(CC(F)(F)F)n(C)c4c3)n2)n[nH]1.Cc1cc(Nc2nc(Sc3ccc(NC(=O)CC(F)(F)F)cc3)nc(N3CC(F)(C4CC4)C3)c2F)n[nH]1.[HH].[HH].[HH].[HH].[HH].[HH]. The number of aromatic nitrogens is 21. The number of likely N-dealkylation sites (tertiary alicyclic amines) is 1. The molecule has 6 aliphatic heterocycles. The second-order valence-electron chi connectivity index (χ2n) is 37.5. The van der Waals surface area contributed by atoms with Crippen LogP contribution in [-0.2, 0) is 36.2 Å². The van der Waals surface area contributed by atoms with E-state index in [1.807, 2.05) is 105 Å². The van der Waals surface area contributed by atoms with Gasteiger partial charge in [0, 0.05) is 170 Å². The number of hydrogen-bond acceptors (Lipinski definition) is 32. The Morgan fingerprint density at radius 2 is 0.898 bits per heavy atom. The number of aromatic amines is 4. The average Bonchev–Trinajstić information content (AvgIpc) is 1.63. The molecule has 8 fully saturated rings. The highest BCUT2D eigenvalue weighted by Crippen LogP contribution is 2.51. The normalized spacial score (nSPS) is 17.0. The Morgan fingerprint density at radius 3 is 1.34 bits per heavy atom. The number of nitrogens with one attached hydrogen (secondary N) is 9. The highest BCUT2D eigenvalue weighted by molar-refractivity contribution is 8.00. The van der Waals surface area contributed by atoms with Gasteiger partial charge in [-0.05, 0) is 230 Å². The molecule has 6 saturated heterocycles. The summed E-state index contributed by atoms with van der Waals surface area (Å²) in [7, 11) is 2.98. The van der Waals surface area contributed by atoms with E-state index in [0.29, 0.717) is 120 Å². The van der Waals surface area contributed by atoms with E-state index >= 15 is 4.39 Å². The van der Waals surface area contributed by atoms with Gasteiger partial charge in [0.05, 0.1) is 67.7 Å². The van der Waals surface area contributed by atoms with Crippen molar-refractivity contribution >= 4 is 151 Å². The maximum Gasteiger partial charge on any atom is 0.449 e. The predicted octanol–water partition coefficient (Wildman–Crippen LogP) is 20.7. The Kier molecular flexibility index (Phi) is 28.6. The molecule has 17 heterocycles. The molecule has 2 saturated carbocycles. The second-order valence-corrected chi connectivity index (χ2v) is 41.7. The van der Waals surface area contributed by atoms with Crippen LogP contribution < -0.4 is 46.2 Å². The fourth-order valence-corrected chi connectivity index (χ4v) is 21.0. The number of anilines is 13. The first kappa shape index (κ1) is 101. The number of morpholine rings is 1. The molecular formula is C96H112F12N32O3S4. The summed E-state index contributed by atoms with van der Waals surface area (Å²) in [5.74, 6) is 5.04.